The third-order valence-electron chi connectivity index (χ3n) is 2.42. The molecule has 0 atom stereocenters. The zero-order valence-electron chi connectivity index (χ0n) is 12.1. The molecule has 1 aromatic rings. The van der Waals surface area contributed by atoms with Crippen LogP contribution in [0.15, 0.2) is 29.2 Å². The van der Waals surface area contributed by atoms with Crippen molar-refractivity contribution < 1.29 is 18.0 Å². The molecular formula is C13H20N2O4S. The molecule has 0 bridgehead atoms. The van der Waals surface area contributed by atoms with Gasteiger partial charge >= 0.3 is 0 Å². The Labute approximate surface area is 119 Å². The van der Waals surface area contributed by atoms with E-state index in [1.165, 1.54) is 24.3 Å². The van der Waals surface area contributed by atoms with Crippen molar-refractivity contribution in [3.63, 3.8) is 0 Å². The van der Waals surface area contributed by atoms with Crippen LogP contribution in [0.4, 0.5) is 5.69 Å². The summed E-state index contributed by atoms with van der Waals surface area (Å²) in [7, 11) is -3.68. The van der Waals surface area contributed by atoms with Gasteiger partial charge in [0.1, 0.15) is 0 Å². The number of amides is 1. The molecule has 0 aliphatic carbocycles. The van der Waals surface area contributed by atoms with Crippen molar-refractivity contribution in [3.8, 4) is 0 Å². The Morgan fingerprint density at radius 3 is 2.20 bits per heavy atom. The Morgan fingerprint density at radius 2 is 1.75 bits per heavy atom. The molecule has 0 aromatic heterocycles. The summed E-state index contributed by atoms with van der Waals surface area (Å²) in [6.07, 6.45) is 0. The summed E-state index contributed by atoms with van der Waals surface area (Å²) in [5.41, 5.74) is 0.0293. The van der Waals surface area contributed by atoms with Gasteiger partial charge in [0.15, 0.2) is 0 Å². The van der Waals surface area contributed by atoms with Gasteiger partial charge in [0.25, 0.3) is 10.0 Å². The summed E-state index contributed by atoms with van der Waals surface area (Å²) in [6, 6.07) is 5.87. The molecule has 7 heteroatoms. The average molecular weight is 300 g/mol. The molecule has 0 saturated heterocycles. The van der Waals surface area contributed by atoms with Crippen LogP contribution in [0, 0.1) is 5.41 Å². The van der Waals surface area contributed by atoms with Crippen molar-refractivity contribution in [1.82, 2.24) is 4.89 Å². The van der Waals surface area contributed by atoms with E-state index in [0.717, 1.165) is 0 Å². The summed E-state index contributed by atoms with van der Waals surface area (Å²) in [4.78, 5) is 18.5. The van der Waals surface area contributed by atoms with Gasteiger partial charge in [-0.3, -0.25) is 9.63 Å². The third kappa shape index (κ3) is 4.59. The van der Waals surface area contributed by atoms with Crippen LogP contribution in [-0.4, -0.2) is 20.9 Å². The number of benzene rings is 1. The van der Waals surface area contributed by atoms with Gasteiger partial charge in [-0.25, -0.2) is 8.42 Å². The van der Waals surface area contributed by atoms with Gasteiger partial charge in [-0.1, -0.05) is 25.7 Å². The van der Waals surface area contributed by atoms with Crippen molar-refractivity contribution >= 4 is 21.6 Å². The smallest absolute Gasteiger partial charge is 0.262 e. The molecule has 0 spiro atoms. The molecule has 20 heavy (non-hydrogen) atoms. The standard InChI is InChI=1S/C13H20N2O4S/c1-5-19-15-20(17,18)11-8-6-10(7-9-11)14-12(16)13(2,3)4/h6-9,15H,5H2,1-4H3,(H,14,16). The summed E-state index contributed by atoms with van der Waals surface area (Å²) >= 11 is 0. The van der Waals surface area contributed by atoms with Crippen molar-refractivity contribution in [2.75, 3.05) is 11.9 Å². The number of carbonyl (C=O) groups is 1. The minimum atomic E-state index is -3.68. The number of rotatable bonds is 5. The first-order valence-corrected chi connectivity index (χ1v) is 7.70. The SMILES string of the molecule is CCONS(=O)(=O)c1ccc(NC(=O)C(C)(C)C)cc1. The van der Waals surface area contributed by atoms with Gasteiger partial charge in [0.05, 0.1) is 11.5 Å². The second kappa shape index (κ2) is 6.34. The molecule has 6 nitrogen and oxygen atoms in total. The van der Waals surface area contributed by atoms with Crippen LogP contribution in [0.3, 0.4) is 0 Å². The number of hydrogen-bond acceptors (Lipinski definition) is 4. The monoisotopic (exact) mass is 300 g/mol. The van der Waals surface area contributed by atoms with E-state index in [4.69, 9.17) is 0 Å². The molecule has 1 amide bonds. The fourth-order valence-electron chi connectivity index (χ4n) is 1.22. The summed E-state index contributed by atoms with van der Waals surface area (Å²) in [5, 5.41) is 2.72. The van der Waals surface area contributed by atoms with E-state index < -0.39 is 15.4 Å². The quantitative estimate of drug-likeness (QED) is 0.813. The number of nitrogens with one attached hydrogen (secondary N) is 2. The van der Waals surface area contributed by atoms with Crippen molar-refractivity contribution in [2.24, 2.45) is 5.41 Å². The molecule has 0 saturated carbocycles. The lowest BCUT2D eigenvalue weighted by Gasteiger charge is -2.17. The van der Waals surface area contributed by atoms with Crippen LogP contribution < -0.4 is 10.2 Å². The van der Waals surface area contributed by atoms with Crippen LogP contribution in [0.5, 0.6) is 0 Å². The summed E-state index contributed by atoms with van der Waals surface area (Å²) < 4.78 is 23.5. The van der Waals surface area contributed by atoms with Gasteiger partial charge in [-0.2, -0.15) is 0 Å². The highest BCUT2D eigenvalue weighted by molar-refractivity contribution is 7.89. The van der Waals surface area contributed by atoms with E-state index in [9.17, 15) is 13.2 Å². The maximum Gasteiger partial charge on any atom is 0.262 e. The third-order valence-corrected chi connectivity index (χ3v) is 3.65. The lowest BCUT2D eigenvalue weighted by molar-refractivity contribution is -0.123. The first-order valence-electron chi connectivity index (χ1n) is 6.22. The normalized spacial score (nSPS) is 12.2. The van der Waals surface area contributed by atoms with Crippen molar-refractivity contribution in [1.29, 1.82) is 0 Å². The molecule has 1 aromatic carbocycles. The van der Waals surface area contributed by atoms with Gasteiger partial charge in [0.2, 0.25) is 5.91 Å². The number of sulfonamides is 1. The fraction of sp³-hybridized carbons (Fsp3) is 0.462. The fourth-order valence-corrected chi connectivity index (χ4v) is 2.08. The molecule has 0 aliphatic heterocycles. The second-order valence-electron chi connectivity index (χ2n) is 5.25. The summed E-state index contributed by atoms with van der Waals surface area (Å²) in [6.45, 7) is 7.31. The first kappa shape index (κ1) is 16.6. The Balaban J connectivity index is 2.82. The van der Waals surface area contributed by atoms with E-state index >= 15 is 0 Å². The minimum Gasteiger partial charge on any atom is -0.326 e. The van der Waals surface area contributed by atoms with Crippen LogP contribution >= 0.6 is 0 Å². The zero-order valence-corrected chi connectivity index (χ0v) is 12.9. The molecule has 112 valence electrons. The van der Waals surface area contributed by atoms with E-state index in [2.05, 4.69) is 10.2 Å². The Kier molecular flexibility index (Phi) is 5.27. The van der Waals surface area contributed by atoms with E-state index in [1.807, 2.05) is 4.89 Å². The highest BCUT2D eigenvalue weighted by Gasteiger charge is 2.21. The second-order valence-corrected chi connectivity index (χ2v) is 6.89. The molecule has 0 aliphatic rings. The Bertz CT molecular complexity index is 559. The van der Waals surface area contributed by atoms with Crippen LogP contribution in [0.2, 0.25) is 0 Å². The highest BCUT2D eigenvalue weighted by atomic mass is 32.2. The molecule has 0 heterocycles. The Hall–Kier alpha value is -1.44. The predicted molar refractivity (Wildman–Crippen MR) is 76.5 cm³/mol. The van der Waals surface area contributed by atoms with Gasteiger partial charge in [0, 0.05) is 11.1 Å². The molecule has 1 rings (SSSR count). The largest absolute Gasteiger partial charge is 0.326 e. The lowest BCUT2D eigenvalue weighted by atomic mass is 9.95. The molecule has 0 radical (unpaired) electrons. The number of anilines is 1. The van der Waals surface area contributed by atoms with Gasteiger partial charge in [-0.05, 0) is 31.2 Å². The highest BCUT2D eigenvalue weighted by Crippen LogP contribution is 2.19. The minimum absolute atomic E-state index is 0.0692. The maximum absolute atomic E-state index is 11.8. The van der Waals surface area contributed by atoms with Crippen LogP contribution in [0.25, 0.3) is 0 Å². The topological polar surface area (TPSA) is 84.5 Å². The van der Waals surface area contributed by atoms with Crippen LogP contribution in [-0.2, 0) is 19.7 Å². The average Bonchev–Trinajstić information content (AvgIpc) is 2.36. The Morgan fingerprint density at radius 1 is 1.20 bits per heavy atom. The molecule has 0 unspecified atom stereocenters. The lowest BCUT2D eigenvalue weighted by Crippen LogP contribution is -2.27. The van der Waals surface area contributed by atoms with E-state index in [1.54, 1.807) is 27.7 Å². The van der Waals surface area contributed by atoms with Gasteiger partial charge < -0.3 is 5.32 Å². The maximum atomic E-state index is 11.8. The van der Waals surface area contributed by atoms with Crippen molar-refractivity contribution in [2.45, 2.75) is 32.6 Å². The zero-order chi connectivity index (χ0) is 15.4. The van der Waals surface area contributed by atoms with Crippen molar-refractivity contribution in [3.05, 3.63) is 24.3 Å². The molecule has 2 N–H and O–H groups in total. The van der Waals surface area contributed by atoms with E-state index in [0.29, 0.717) is 5.69 Å². The summed E-state index contributed by atoms with van der Waals surface area (Å²) in [5.74, 6) is -0.138. The number of hydrogen-bond donors (Lipinski definition) is 2. The van der Waals surface area contributed by atoms with E-state index in [-0.39, 0.29) is 17.4 Å². The predicted octanol–water partition coefficient (Wildman–Crippen LogP) is 1.90. The molecule has 0 fully saturated rings. The van der Waals surface area contributed by atoms with Gasteiger partial charge in [-0.15, -0.1) is 0 Å². The number of carbonyl (C=O) groups excluding carboxylic acids is 1. The molecular weight excluding hydrogens is 280 g/mol. The first-order chi connectivity index (χ1) is 9.16. The van der Waals surface area contributed by atoms with Crippen LogP contribution in [0.1, 0.15) is 27.7 Å².